The molecule has 0 bridgehead atoms. The minimum atomic E-state index is -0.160. The maximum absolute atomic E-state index is 6.79. The molecule has 1 heterocycles. The van der Waals surface area contributed by atoms with Crippen molar-refractivity contribution in [3.05, 3.63) is 17.6 Å². The van der Waals surface area contributed by atoms with Gasteiger partial charge in [-0.05, 0) is 20.8 Å². The van der Waals surface area contributed by atoms with Crippen LogP contribution in [-0.4, -0.2) is 9.78 Å². The highest BCUT2D eigenvalue weighted by Crippen LogP contribution is 2.26. The molecule has 0 aliphatic carbocycles. The Kier molecular flexibility index (Phi) is 1.81. The van der Waals surface area contributed by atoms with Crippen molar-refractivity contribution in [1.82, 2.24) is 9.78 Å². The van der Waals surface area contributed by atoms with Crippen LogP contribution in [0.15, 0.2) is 6.20 Å². The van der Waals surface area contributed by atoms with Crippen molar-refractivity contribution in [2.24, 2.45) is 0 Å². The fourth-order valence-corrected chi connectivity index (χ4v) is 0.970. The SMILES string of the molecule is [C-]#[N+]c1cnn(C(C)(C)C)c1N. The summed E-state index contributed by atoms with van der Waals surface area (Å²) in [4.78, 5) is 3.25. The van der Waals surface area contributed by atoms with E-state index < -0.39 is 0 Å². The van der Waals surface area contributed by atoms with E-state index in [1.807, 2.05) is 20.8 Å². The number of hydrogen-bond donors (Lipinski definition) is 1. The predicted octanol–water partition coefficient (Wildman–Crippen LogP) is 1.77. The quantitative estimate of drug-likeness (QED) is 0.594. The number of nitrogens with two attached hydrogens (primary N) is 1. The molecule has 1 aromatic rings. The first-order valence-corrected chi connectivity index (χ1v) is 3.68. The summed E-state index contributed by atoms with van der Waals surface area (Å²) in [5, 5.41) is 4.04. The Morgan fingerprint density at radius 1 is 1.58 bits per heavy atom. The molecule has 0 radical (unpaired) electrons. The van der Waals surface area contributed by atoms with Crippen LogP contribution in [0.25, 0.3) is 4.85 Å². The van der Waals surface area contributed by atoms with Crippen LogP contribution < -0.4 is 5.73 Å². The van der Waals surface area contributed by atoms with E-state index in [1.54, 1.807) is 4.68 Å². The van der Waals surface area contributed by atoms with Crippen molar-refractivity contribution in [2.45, 2.75) is 26.3 Å². The third-order valence-electron chi connectivity index (χ3n) is 1.54. The third-order valence-corrected chi connectivity index (χ3v) is 1.54. The van der Waals surface area contributed by atoms with Gasteiger partial charge in [0.2, 0.25) is 5.69 Å². The third kappa shape index (κ3) is 1.26. The van der Waals surface area contributed by atoms with E-state index in [0.29, 0.717) is 11.5 Å². The van der Waals surface area contributed by atoms with E-state index in [0.717, 1.165) is 0 Å². The number of anilines is 1. The molecule has 1 aromatic heterocycles. The van der Waals surface area contributed by atoms with E-state index in [4.69, 9.17) is 12.3 Å². The van der Waals surface area contributed by atoms with Crippen LogP contribution in [-0.2, 0) is 5.54 Å². The first-order chi connectivity index (χ1) is 5.46. The van der Waals surface area contributed by atoms with E-state index >= 15 is 0 Å². The Bertz CT molecular complexity index is 324. The van der Waals surface area contributed by atoms with Crippen LogP contribution in [0.3, 0.4) is 0 Å². The fraction of sp³-hybridized carbons (Fsp3) is 0.500. The number of hydrogen-bond acceptors (Lipinski definition) is 2. The van der Waals surface area contributed by atoms with Gasteiger partial charge >= 0.3 is 0 Å². The lowest BCUT2D eigenvalue weighted by molar-refractivity contribution is 0.361. The Labute approximate surface area is 71.8 Å². The zero-order chi connectivity index (χ0) is 9.35. The molecule has 4 nitrogen and oxygen atoms in total. The van der Waals surface area contributed by atoms with Crippen molar-refractivity contribution in [3.63, 3.8) is 0 Å². The second kappa shape index (κ2) is 2.52. The normalized spacial score (nSPS) is 11.2. The summed E-state index contributed by atoms with van der Waals surface area (Å²) in [6.07, 6.45) is 1.49. The molecule has 64 valence electrons. The molecule has 4 heteroatoms. The average molecular weight is 164 g/mol. The second-order valence-corrected chi connectivity index (χ2v) is 3.61. The summed E-state index contributed by atoms with van der Waals surface area (Å²) >= 11 is 0. The molecule has 1 rings (SSSR count). The zero-order valence-corrected chi connectivity index (χ0v) is 7.50. The van der Waals surface area contributed by atoms with Gasteiger partial charge in [-0.1, -0.05) is 0 Å². The molecule has 2 N–H and O–H groups in total. The lowest BCUT2D eigenvalue weighted by atomic mass is 10.1. The van der Waals surface area contributed by atoms with Crippen LogP contribution in [0.2, 0.25) is 0 Å². The molecule has 0 atom stereocenters. The van der Waals surface area contributed by atoms with Gasteiger partial charge in [0.25, 0.3) is 0 Å². The summed E-state index contributed by atoms with van der Waals surface area (Å²) in [6, 6.07) is 0. The number of rotatable bonds is 0. The van der Waals surface area contributed by atoms with Crippen LogP contribution in [0.1, 0.15) is 20.8 Å². The van der Waals surface area contributed by atoms with Gasteiger partial charge in [0.1, 0.15) is 5.82 Å². The molecular weight excluding hydrogens is 152 g/mol. The first-order valence-electron chi connectivity index (χ1n) is 3.68. The molecular formula is C8H12N4. The topological polar surface area (TPSA) is 48.2 Å². The standard InChI is InChI=1S/C8H12N4/c1-8(2,3)12-7(9)6(10-4)5-11-12/h5H,9H2,1-3H3. The predicted molar refractivity (Wildman–Crippen MR) is 47.9 cm³/mol. The number of nitrogen functional groups attached to an aromatic ring is 1. The maximum atomic E-state index is 6.79. The van der Waals surface area contributed by atoms with E-state index in [1.165, 1.54) is 6.20 Å². The zero-order valence-electron chi connectivity index (χ0n) is 7.50. The monoisotopic (exact) mass is 164 g/mol. The van der Waals surface area contributed by atoms with Crippen LogP contribution in [0.5, 0.6) is 0 Å². The van der Waals surface area contributed by atoms with E-state index in [-0.39, 0.29) is 5.54 Å². The summed E-state index contributed by atoms with van der Waals surface area (Å²) in [5.41, 5.74) is 5.95. The van der Waals surface area contributed by atoms with Crippen molar-refractivity contribution >= 4 is 11.5 Å². The highest BCUT2D eigenvalue weighted by Gasteiger charge is 2.18. The molecule has 0 aromatic carbocycles. The largest absolute Gasteiger partial charge is 0.393 e. The Morgan fingerprint density at radius 2 is 2.17 bits per heavy atom. The maximum Gasteiger partial charge on any atom is 0.247 e. The molecule has 0 fully saturated rings. The molecule has 0 spiro atoms. The number of nitrogens with zero attached hydrogens (tertiary/aromatic N) is 3. The molecule has 0 aliphatic heterocycles. The highest BCUT2D eigenvalue weighted by molar-refractivity contribution is 5.62. The van der Waals surface area contributed by atoms with Crippen molar-refractivity contribution < 1.29 is 0 Å². The molecule has 12 heavy (non-hydrogen) atoms. The molecule has 0 saturated carbocycles. The molecule has 0 aliphatic rings. The lowest BCUT2D eigenvalue weighted by Gasteiger charge is -2.20. The Balaban J connectivity index is 3.22. The van der Waals surface area contributed by atoms with Crippen LogP contribution >= 0.6 is 0 Å². The van der Waals surface area contributed by atoms with Gasteiger partial charge in [0.15, 0.2) is 0 Å². The van der Waals surface area contributed by atoms with Gasteiger partial charge in [-0.3, -0.25) is 4.68 Å². The van der Waals surface area contributed by atoms with Gasteiger partial charge < -0.3 is 5.73 Å². The van der Waals surface area contributed by atoms with Gasteiger partial charge in [0.05, 0.1) is 18.3 Å². The van der Waals surface area contributed by atoms with Gasteiger partial charge in [-0.15, -0.1) is 0 Å². The van der Waals surface area contributed by atoms with Crippen molar-refractivity contribution in [1.29, 1.82) is 0 Å². The fourth-order valence-electron chi connectivity index (χ4n) is 0.970. The summed E-state index contributed by atoms with van der Waals surface area (Å²) in [7, 11) is 0. The lowest BCUT2D eigenvalue weighted by Crippen LogP contribution is -2.24. The highest BCUT2D eigenvalue weighted by atomic mass is 15.3. The number of aromatic nitrogens is 2. The average Bonchev–Trinajstić information content (AvgIpc) is 2.29. The van der Waals surface area contributed by atoms with Crippen LogP contribution in [0, 0.1) is 6.57 Å². The molecule has 0 unspecified atom stereocenters. The summed E-state index contributed by atoms with van der Waals surface area (Å²) in [6.45, 7) is 12.8. The van der Waals surface area contributed by atoms with E-state index in [9.17, 15) is 0 Å². The smallest absolute Gasteiger partial charge is 0.247 e. The summed E-state index contributed by atoms with van der Waals surface area (Å²) in [5.74, 6) is 0.442. The van der Waals surface area contributed by atoms with Gasteiger partial charge in [-0.25, -0.2) is 4.85 Å². The van der Waals surface area contributed by atoms with Crippen molar-refractivity contribution in [2.75, 3.05) is 5.73 Å². The minimum Gasteiger partial charge on any atom is -0.393 e. The molecule has 0 amide bonds. The summed E-state index contributed by atoms with van der Waals surface area (Å²) < 4.78 is 1.65. The minimum absolute atomic E-state index is 0.160. The first kappa shape index (κ1) is 8.60. The van der Waals surface area contributed by atoms with Gasteiger partial charge in [0, 0.05) is 0 Å². The van der Waals surface area contributed by atoms with E-state index in [2.05, 4.69) is 9.94 Å². The Morgan fingerprint density at radius 3 is 2.42 bits per heavy atom. The Hall–Kier alpha value is -1.50. The van der Waals surface area contributed by atoms with Crippen molar-refractivity contribution in [3.8, 4) is 0 Å². The molecule has 0 saturated heterocycles. The second-order valence-electron chi connectivity index (χ2n) is 3.61. The van der Waals surface area contributed by atoms with Crippen LogP contribution in [0.4, 0.5) is 11.5 Å². The van der Waals surface area contributed by atoms with Gasteiger partial charge in [-0.2, -0.15) is 5.10 Å².